The molecule has 0 spiro atoms. The van der Waals surface area contributed by atoms with E-state index in [0.29, 0.717) is 37.9 Å². The molecule has 1 fully saturated rings. The van der Waals surface area contributed by atoms with Gasteiger partial charge in [-0.3, -0.25) is 0 Å². The highest BCUT2D eigenvalue weighted by Gasteiger charge is 2.29. The molecule has 146 valence electrons. The molecule has 0 bridgehead atoms. The molecule has 1 aliphatic heterocycles. The number of aromatic nitrogens is 2. The lowest BCUT2D eigenvalue weighted by Crippen LogP contribution is -2.49. The number of sulfonamides is 1. The Morgan fingerprint density at radius 3 is 2.22 bits per heavy atom. The van der Waals surface area contributed by atoms with Crippen molar-refractivity contribution < 1.29 is 13.2 Å². The monoisotopic (exact) mass is 391 g/mol. The Hall–Kier alpha value is -2.39. The fourth-order valence-electron chi connectivity index (χ4n) is 2.93. The minimum absolute atomic E-state index is 0.276. The smallest absolute Gasteiger partial charge is 0.243 e. The van der Waals surface area contributed by atoms with Crippen LogP contribution in [-0.4, -0.2) is 70.1 Å². The van der Waals surface area contributed by atoms with Crippen molar-refractivity contribution in [3.63, 3.8) is 0 Å². The first-order chi connectivity index (χ1) is 12.8. The largest absolute Gasteiger partial charge is 0.497 e. The van der Waals surface area contributed by atoms with Gasteiger partial charge in [-0.05, 0) is 31.2 Å². The third-order valence-electron chi connectivity index (χ3n) is 4.51. The number of hydrogen-bond acceptors (Lipinski definition) is 7. The van der Waals surface area contributed by atoms with Crippen molar-refractivity contribution in [1.29, 1.82) is 0 Å². The van der Waals surface area contributed by atoms with Crippen LogP contribution in [-0.2, 0) is 10.0 Å². The molecule has 1 aromatic heterocycles. The van der Waals surface area contributed by atoms with Crippen LogP contribution in [0.4, 0.5) is 11.8 Å². The van der Waals surface area contributed by atoms with E-state index in [2.05, 4.69) is 9.97 Å². The molecule has 1 saturated heterocycles. The molecule has 2 heterocycles. The predicted molar refractivity (Wildman–Crippen MR) is 105 cm³/mol. The highest BCUT2D eigenvalue weighted by atomic mass is 32.2. The highest BCUT2D eigenvalue weighted by molar-refractivity contribution is 7.89. The van der Waals surface area contributed by atoms with E-state index in [1.807, 2.05) is 36.9 Å². The van der Waals surface area contributed by atoms with Gasteiger partial charge in [-0.15, -0.1) is 0 Å². The summed E-state index contributed by atoms with van der Waals surface area (Å²) in [6, 6.07) is 8.40. The van der Waals surface area contributed by atoms with Gasteiger partial charge in [0.2, 0.25) is 16.0 Å². The third-order valence-corrected chi connectivity index (χ3v) is 6.42. The molecule has 9 heteroatoms. The number of ether oxygens (including phenoxy) is 1. The van der Waals surface area contributed by atoms with Gasteiger partial charge in [0.15, 0.2) is 0 Å². The predicted octanol–water partition coefficient (Wildman–Crippen LogP) is 1.37. The Morgan fingerprint density at radius 1 is 1.04 bits per heavy atom. The van der Waals surface area contributed by atoms with Gasteiger partial charge in [0.05, 0.1) is 12.0 Å². The van der Waals surface area contributed by atoms with Crippen LogP contribution in [0.15, 0.2) is 35.2 Å². The first-order valence-corrected chi connectivity index (χ1v) is 10.2. The van der Waals surface area contributed by atoms with Gasteiger partial charge in [-0.1, -0.05) is 0 Å². The topological polar surface area (TPSA) is 78.9 Å². The summed E-state index contributed by atoms with van der Waals surface area (Å²) in [7, 11) is 1.90. The molecule has 27 heavy (non-hydrogen) atoms. The van der Waals surface area contributed by atoms with Crippen molar-refractivity contribution in [3.8, 4) is 5.75 Å². The fourth-order valence-corrected chi connectivity index (χ4v) is 4.35. The summed E-state index contributed by atoms with van der Waals surface area (Å²) in [6.07, 6.45) is 0. The lowest BCUT2D eigenvalue weighted by Gasteiger charge is -2.34. The normalized spacial score (nSPS) is 15.6. The summed E-state index contributed by atoms with van der Waals surface area (Å²) in [5, 5.41) is 0. The molecule has 0 radical (unpaired) electrons. The van der Waals surface area contributed by atoms with E-state index < -0.39 is 10.0 Å². The number of nitrogens with zero attached hydrogens (tertiary/aromatic N) is 5. The number of hydrogen-bond donors (Lipinski definition) is 0. The average Bonchev–Trinajstić information content (AvgIpc) is 2.67. The van der Waals surface area contributed by atoms with Crippen molar-refractivity contribution in [1.82, 2.24) is 14.3 Å². The van der Waals surface area contributed by atoms with Crippen LogP contribution < -0.4 is 14.5 Å². The first-order valence-electron chi connectivity index (χ1n) is 8.73. The Kier molecular flexibility index (Phi) is 5.52. The molecule has 0 aliphatic carbocycles. The van der Waals surface area contributed by atoms with Gasteiger partial charge < -0.3 is 14.5 Å². The van der Waals surface area contributed by atoms with Crippen molar-refractivity contribution in [2.45, 2.75) is 11.8 Å². The zero-order valence-electron chi connectivity index (χ0n) is 16.1. The molecule has 3 rings (SSSR count). The van der Waals surface area contributed by atoms with Crippen LogP contribution in [0.3, 0.4) is 0 Å². The summed E-state index contributed by atoms with van der Waals surface area (Å²) in [6.45, 7) is 3.81. The van der Waals surface area contributed by atoms with Crippen molar-refractivity contribution >= 4 is 21.8 Å². The van der Waals surface area contributed by atoms with Gasteiger partial charge in [-0.2, -0.15) is 9.29 Å². The van der Waals surface area contributed by atoms with Crippen LogP contribution >= 0.6 is 0 Å². The number of anilines is 2. The minimum atomic E-state index is -3.52. The molecule has 0 saturated carbocycles. The maximum absolute atomic E-state index is 12.9. The maximum atomic E-state index is 12.9. The molecular formula is C18H25N5O3S. The van der Waals surface area contributed by atoms with Crippen molar-refractivity contribution in [2.75, 3.05) is 57.2 Å². The zero-order valence-corrected chi connectivity index (χ0v) is 16.9. The van der Waals surface area contributed by atoms with E-state index in [9.17, 15) is 8.42 Å². The second-order valence-electron chi connectivity index (χ2n) is 6.63. The average molecular weight is 391 g/mol. The quantitative estimate of drug-likeness (QED) is 0.762. The summed E-state index contributed by atoms with van der Waals surface area (Å²) >= 11 is 0. The number of benzene rings is 1. The Bertz CT molecular complexity index is 892. The SMILES string of the molecule is COc1ccc(S(=O)(=O)N2CCN(c3nc(C)cc(N(C)C)n3)CC2)cc1. The van der Waals surface area contributed by atoms with Crippen LogP contribution in [0.25, 0.3) is 0 Å². The van der Waals surface area contributed by atoms with Crippen molar-refractivity contribution in [2.24, 2.45) is 0 Å². The number of aryl methyl sites for hydroxylation is 1. The van der Waals surface area contributed by atoms with Gasteiger partial charge in [-0.25, -0.2) is 13.4 Å². The van der Waals surface area contributed by atoms with Gasteiger partial charge in [0.1, 0.15) is 11.6 Å². The number of rotatable bonds is 5. The Labute approximate surface area is 160 Å². The second kappa shape index (κ2) is 7.69. The molecule has 0 atom stereocenters. The molecule has 8 nitrogen and oxygen atoms in total. The van der Waals surface area contributed by atoms with Crippen LogP contribution in [0.1, 0.15) is 5.69 Å². The van der Waals surface area contributed by atoms with Gasteiger partial charge in [0, 0.05) is 52.0 Å². The summed E-state index contributed by atoms with van der Waals surface area (Å²) in [4.78, 5) is 13.3. The number of piperazine rings is 1. The Morgan fingerprint density at radius 2 is 1.67 bits per heavy atom. The van der Waals surface area contributed by atoms with E-state index >= 15 is 0 Å². The molecule has 0 amide bonds. The zero-order chi connectivity index (χ0) is 19.6. The Balaban J connectivity index is 1.73. The van der Waals surface area contributed by atoms with Gasteiger partial charge in [0.25, 0.3) is 0 Å². The van der Waals surface area contributed by atoms with Crippen molar-refractivity contribution in [3.05, 3.63) is 36.0 Å². The summed E-state index contributed by atoms with van der Waals surface area (Å²) in [5.74, 6) is 2.11. The van der Waals surface area contributed by atoms with Crippen LogP contribution in [0, 0.1) is 6.92 Å². The molecule has 1 aliphatic rings. The highest BCUT2D eigenvalue weighted by Crippen LogP contribution is 2.22. The third kappa shape index (κ3) is 4.14. The summed E-state index contributed by atoms with van der Waals surface area (Å²) < 4.78 is 32.3. The molecule has 1 aromatic carbocycles. The molecule has 0 unspecified atom stereocenters. The van der Waals surface area contributed by atoms with E-state index in [1.165, 1.54) is 4.31 Å². The first kappa shape index (κ1) is 19.4. The van der Waals surface area contributed by atoms with Crippen LogP contribution in [0.5, 0.6) is 5.75 Å². The van der Waals surface area contributed by atoms with E-state index in [1.54, 1.807) is 31.4 Å². The van der Waals surface area contributed by atoms with E-state index in [-0.39, 0.29) is 4.90 Å². The van der Waals surface area contributed by atoms with Gasteiger partial charge >= 0.3 is 0 Å². The molecular weight excluding hydrogens is 366 g/mol. The summed E-state index contributed by atoms with van der Waals surface area (Å²) in [5.41, 5.74) is 0.886. The second-order valence-corrected chi connectivity index (χ2v) is 8.57. The lowest BCUT2D eigenvalue weighted by atomic mass is 10.3. The molecule has 0 N–H and O–H groups in total. The lowest BCUT2D eigenvalue weighted by molar-refractivity contribution is 0.382. The maximum Gasteiger partial charge on any atom is 0.243 e. The standard InChI is InChI=1S/C18H25N5O3S/c1-14-13-17(21(2)3)20-18(19-14)22-9-11-23(12-10-22)27(24,25)16-7-5-15(26-4)6-8-16/h5-8,13H,9-12H2,1-4H3. The molecule has 2 aromatic rings. The number of methoxy groups -OCH3 is 1. The van der Waals surface area contributed by atoms with Crippen LogP contribution in [0.2, 0.25) is 0 Å². The van der Waals surface area contributed by atoms with E-state index in [4.69, 9.17) is 4.74 Å². The minimum Gasteiger partial charge on any atom is -0.497 e. The fraction of sp³-hybridized carbons (Fsp3) is 0.444. The van der Waals surface area contributed by atoms with E-state index in [0.717, 1.165) is 11.5 Å².